The maximum Gasteiger partial charge on any atom is 0.114 e. The van der Waals surface area contributed by atoms with E-state index in [4.69, 9.17) is 4.42 Å². The molecule has 3 heteroatoms. The summed E-state index contributed by atoms with van der Waals surface area (Å²) in [6.07, 6.45) is 2.92. The van der Waals surface area contributed by atoms with Crippen molar-refractivity contribution in [2.24, 2.45) is 0 Å². The Morgan fingerprint density at radius 1 is 1.19 bits per heavy atom. The fraction of sp³-hybridized carbons (Fsp3) is 0.444. The Hall–Kier alpha value is -1.19. The lowest BCUT2D eigenvalue weighted by Crippen LogP contribution is -2.24. The molecule has 114 valence electrons. The topological polar surface area (TPSA) is 25.2 Å². The van der Waals surface area contributed by atoms with Gasteiger partial charge >= 0.3 is 0 Å². The third-order valence-corrected chi connectivity index (χ3v) is 4.89. The summed E-state index contributed by atoms with van der Waals surface area (Å²) in [6, 6.07) is 9.17. The van der Waals surface area contributed by atoms with Crippen molar-refractivity contribution in [3.63, 3.8) is 0 Å². The lowest BCUT2D eigenvalue weighted by Gasteiger charge is -2.21. The lowest BCUT2D eigenvalue weighted by molar-refractivity contribution is 0.526. The van der Waals surface area contributed by atoms with E-state index in [0.717, 1.165) is 24.5 Å². The number of thioether (sulfide) groups is 1. The van der Waals surface area contributed by atoms with Crippen molar-refractivity contribution in [2.45, 2.75) is 45.1 Å². The van der Waals surface area contributed by atoms with E-state index in [9.17, 15) is 0 Å². The fourth-order valence-corrected chi connectivity index (χ4v) is 3.54. The largest absolute Gasteiger partial charge is 0.468 e. The number of hydrogen-bond acceptors (Lipinski definition) is 3. The van der Waals surface area contributed by atoms with Crippen LogP contribution in [0, 0.1) is 20.8 Å². The van der Waals surface area contributed by atoms with E-state index in [1.165, 1.54) is 21.6 Å². The highest BCUT2D eigenvalue weighted by molar-refractivity contribution is 7.99. The van der Waals surface area contributed by atoms with Gasteiger partial charge < -0.3 is 9.73 Å². The molecule has 0 saturated heterocycles. The summed E-state index contributed by atoms with van der Waals surface area (Å²) in [5.41, 5.74) is 4.10. The molecule has 1 aromatic heterocycles. The Bertz CT molecular complexity index is 576. The molecule has 0 amide bonds. The van der Waals surface area contributed by atoms with Gasteiger partial charge in [0.05, 0.1) is 6.26 Å². The maximum atomic E-state index is 5.38. The van der Waals surface area contributed by atoms with E-state index >= 15 is 0 Å². The van der Waals surface area contributed by atoms with Crippen LogP contribution in [0.15, 0.2) is 39.8 Å². The van der Waals surface area contributed by atoms with Crippen molar-refractivity contribution in [3.8, 4) is 0 Å². The van der Waals surface area contributed by atoms with Gasteiger partial charge in [0, 0.05) is 16.7 Å². The second-order valence-electron chi connectivity index (χ2n) is 5.52. The van der Waals surface area contributed by atoms with Gasteiger partial charge in [0.25, 0.3) is 0 Å². The predicted octanol–water partition coefficient (Wildman–Crippen LogP) is 5.04. The quantitative estimate of drug-likeness (QED) is 0.726. The average Bonchev–Trinajstić information content (AvgIpc) is 2.85. The van der Waals surface area contributed by atoms with Crippen molar-refractivity contribution in [1.29, 1.82) is 0 Å². The van der Waals surface area contributed by atoms with Crippen molar-refractivity contribution < 1.29 is 4.42 Å². The van der Waals surface area contributed by atoms with Crippen LogP contribution in [-0.2, 0) is 0 Å². The Kier molecular flexibility index (Phi) is 5.95. The van der Waals surface area contributed by atoms with Gasteiger partial charge in [-0.1, -0.05) is 30.7 Å². The van der Waals surface area contributed by atoms with Gasteiger partial charge in [0.2, 0.25) is 0 Å². The van der Waals surface area contributed by atoms with Crippen molar-refractivity contribution >= 4 is 11.8 Å². The van der Waals surface area contributed by atoms with Crippen LogP contribution in [0.3, 0.4) is 0 Å². The van der Waals surface area contributed by atoms with Crippen LogP contribution >= 0.6 is 11.8 Å². The molecule has 2 rings (SSSR count). The van der Waals surface area contributed by atoms with Crippen molar-refractivity contribution in [3.05, 3.63) is 53.0 Å². The monoisotopic (exact) mass is 303 g/mol. The van der Waals surface area contributed by atoms with E-state index in [-0.39, 0.29) is 0 Å². The molecule has 0 bridgehead atoms. The molecular formula is C18H25NOS. The number of hydrogen-bond donors (Lipinski definition) is 1. The summed E-state index contributed by atoms with van der Waals surface area (Å²) < 4.78 is 5.38. The molecule has 1 atom stereocenters. The van der Waals surface area contributed by atoms with Gasteiger partial charge in [-0.2, -0.15) is 0 Å². The molecular weight excluding hydrogens is 278 g/mol. The molecule has 1 heterocycles. The van der Waals surface area contributed by atoms with Crippen LogP contribution in [-0.4, -0.2) is 12.3 Å². The number of aryl methyl sites for hydroxylation is 3. The highest BCUT2D eigenvalue weighted by Crippen LogP contribution is 2.29. The van der Waals surface area contributed by atoms with Gasteiger partial charge in [0.15, 0.2) is 0 Å². The van der Waals surface area contributed by atoms with Crippen LogP contribution in [0.2, 0.25) is 0 Å². The first-order valence-electron chi connectivity index (χ1n) is 7.59. The Labute approximate surface area is 132 Å². The second kappa shape index (κ2) is 7.71. The predicted molar refractivity (Wildman–Crippen MR) is 91.1 cm³/mol. The zero-order valence-electron chi connectivity index (χ0n) is 13.4. The van der Waals surface area contributed by atoms with Crippen molar-refractivity contribution in [2.75, 3.05) is 12.3 Å². The third kappa shape index (κ3) is 4.39. The summed E-state index contributed by atoms with van der Waals surface area (Å²) in [5, 5.41) is 3.68. The smallest absolute Gasteiger partial charge is 0.114 e. The van der Waals surface area contributed by atoms with Gasteiger partial charge in [-0.3, -0.25) is 0 Å². The van der Waals surface area contributed by atoms with E-state index in [0.29, 0.717) is 6.04 Å². The minimum Gasteiger partial charge on any atom is -0.468 e. The highest BCUT2D eigenvalue weighted by Gasteiger charge is 2.14. The van der Waals surface area contributed by atoms with E-state index in [2.05, 4.69) is 50.4 Å². The fourth-order valence-electron chi connectivity index (χ4n) is 2.49. The summed E-state index contributed by atoms with van der Waals surface area (Å²) in [4.78, 5) is 1.24. The lowest BCUT2D eigenvalue weighted by atomic mass is 10.00. The van der Waals surface area contributed by atoms with Gasteiger partial charge in [-0.05, 0) is 50.9 Å². The molecule has 0 aliphatic heterocycles. The highest BCUT2D eigenvalue weighted by atomic mass is 32.2. The Morgan fingerprint density at radius 2 is 2.00 bits per heavy atom. The molecule has 1 aromatic carbocycles. The average molecular weight is 303 g/mol. The van der Waals surface area contributed by atoms with Crippen LogP contribution in [0.1, 0.15) is 41.8 Å². The van der Waals surface area contributed by atoms with Gasteiger partial charge in [-0.15, -0.1) is 11.8 Å². The zero-order valence-corrected chi connectivity index (χ0v) is 14.2. The summed E-state index contributed by atoms with van der Waals surface area (Å²) in [7, 11) is 0. The molecule has 1 N–H and O–H groups in total. The molecule has 0 fully saturated rings. The molecule has 2 aromatic rings. The molecule has 21 heavy (non-hydrogen) atoms. The Morgan fingerprint density at radius 3 is 2.62 bits per heavy atom. The second-order valence-corrected chi connectivity index (χ2v) is 6.58. The Balaban J connectivity index is 2.12. The summed E-state index contributed by atoms with van der Waals surface area (Å²) >= 11 is 1.86. The number of rotatable bonds is 7. The van der Waals surface area contributed by atoms with Crippen LogP contribution < -0.4 is 5.32 Å². The summed E-state index contributed by atoms with van der Waals surface area (Å²) in [6.45, 7) is 9.63. The molecule has 0 aliphatic carbocycles. The molecule has 0 saturated carbocycles. The third-order valence-electron chi connectivity index (χ3n) is 3.66. The van der Waals surface area contributed by atoms with Crippen molar-refractivity contribution in [1.82, 2.24) is 5.32 Å². The first kappa shape index (κ1) is 16.2. The normalized spacial score (nSPS) is 12.6. The van der Waals surface area contributed by atoms with Crippen LogP contribution in [0.5, 0.6) is 0 Å². The molecule has 1 unspecified atom stereocenters. The standard InChI is InChI=1S/C18H25NOS/c1-5-9-19-17(12-21-18-8-10-20-15(18)4)16-7-6-13(2)11-14(16)3/h6-8,10-11,17,19H,5,9,12H2,1-4H3. The SMILES string of the molecule is CCCNC(CSc1ccoc1C)c1ccc(C)cc1C. The molecule has 0 radical (unpaired) electrons. The van der Waals surface area contributed by atoms with E-state index < -0.39 is 0 Å². The maximum absolute atomic E-state index is 5.38. The number of benzene rings is 1. The van der Waals surface area contributed by atoms with Gasteiger partial charge in [-0.25, -0.2) is 0 Å². The van der Waals surface area contributed by atoms with Gasteiger partial charge in [0.1, 0.15) is 5.76 Å². The van der Waals surface area contributed by atoms with E-state index in [1.807, 2.05) is 18.7 Å². The van der Waals surface area contributed by atoms with E-state index in [1.54, 1.807) is 6.26 Å². The van der Waals surface area contributed by atoms with Crippen LogP contribution in [0.25, 0.3) is 0 Å². The number of furan rings is 1. The molecule has 2 nitrogen and oxygen atoms in total. The first-order chi connectivity index (χ1) is 10.1. The first-order valence-corrected chi connectivity index (χ1v) is 8.57. The minimum atomic E-state index is 0.379. The number of nitrogens with one attached hydrogen (secondary N) is 1. The summed E-state index contributed by atoms with van der Waals surface area (Å²) in [5.74, 6) is 2.03. The molecule has 0 spiro atoms. The van der Waals surface area contributed by atoms with Crippen LogP contribution in [0.4, 0.5) is 0 Å². The minimum absolute atomic E-state index is 0.379. The zero-order chi connectivity index (χ0) is 15.2. The molecule has 0 aliphatic rings.